The number of nitrogens with zero attached hydrogens (tertiary/aromatic N) is 8. The first-order chi connectivity index (χ1) is 31.7. The molecule has 12 aromatic rings. The van der Waals surface area contributed by atoms with Gasteiger partial charge in [0.2, 0.25) is 0 Å². The second-order valence-electron chi connectivity index (χ2n) is 15.4. The van der Waals surface area contributed by atoms with E-state index in [0.29, 0.717) is 34.9 Å². The van der Waals surface area contributed by atoms with Gasteiger partial charge in [-0.1, -0.05) is 193 Å². The van der Waals surface area contributed by atoms with Gasteiger partial charge >= 0.3 is 0 Å². The molecule has 64 heavy (non-hydrogen) atoms. The Morgan fingerprint density at radius 3 is 0.969 bits per heavy atom. The fourth-order valence-electron chi connectivity index (χ4n) is 8.09. The number of rotatable bonds is 8. The van der Waals surface area contributed by atoms with Gasteiger partial charge in [0.1, 0.15) is 0 Å². The highest BCUT2D eigenvalue weighted by molar-refractivity contribution is 7.23. The van der Waals surface area contributed by atoms with E-state index in [4.69, 9.17) is 34.9 Å². The molecule has 0 aliphatic carbocycles. The molecule has 9 heteroatoms. The van der Waals surface area contributed by atoms with Crippen molar-refractivity contribution in [2.75, 3.05) is 0 Å². The Balaban J connectivity index is 0.872. The summed E-state index contributed by atoms with van der Waals surface area (Å²) in [4.78, 5) is 35.4. The van der Waals surface area contributed by atoms with Crippen LogP contribution in [0.15, 0.2) is 206 Å². The first-order valence-corrected chi connectivity index (χ1v) is 21.8. The third kappa shape index (κ3) is 6.96. The van der Waals surface area contributed by atoms with Crippen molar-refractivity contribution in [3.05, 3.63) is 206 Å². The third-order valence-electron chi connectivity index (χ3n) is 11.4. The zero-order chi connectivity index (χ0) is 42.4. The standard InChI is InChI=1S/C55H34N8S/c1-5-13-37(14-6-1)49-57-50(38-15-7-2-8-16-38)60-53(59-49)41-25-21-35(22-26-41)43-29-31-45-46(33-43)63-47-34-44(30-32-48(47)64-55(63)56-45)36-23-27-42(28-24-36)54-61-51(39-17-9-3-10-18-39)58-52(62-54)40-19-11-4-12-20-40/h1-34H. The minimum absolute atomic E-state index is 0.627. The van der Waals surface area contributed by atoms with Crippen LogP contribution in [0.4, 0.5) is 0 Å². The lowest BCUT2D eigenvalue weighted by atomic mass is 10.0. The van der Waals surface area contributed by atoms with Crippen molar-refractivity contribution in [2.45, 2.75) is 0 Å². The number of aromatic nitrogens is 8. The van der Waals surface area contributed by atoms with Crippen LogP contribution in [0.3, 0.4) is 0 Å². The molecule has 0 fully saturated rings. The van der Waals surface area contributed by atoms with E-state index < -0.39 is 0 Å². The van der Waals surface area contributed by atoms with E-state index in [1.165, 1.54) is 4.70 Å². The molecule has 0 aliphatic rings. The molecule has 300 valence electrons. The summed E-state index contributed by atoms with van der Waals surface area (Å²) in [5.41, 5.74) is 13.1. The van der Waals surface area contributed by atoms with E-state index in [9.17, 15) is 0 Å². The van der Waals surface area contributed by atoms with Crippen LogP contribution >= 0.6 is 11.3 Å². The van der Waals surface area contributed by atoms with Crippen LogP contribution in [-0.2, 0) is 0 Å². The topological polar surface area (TPSA) is 94.6 Å². The molecule has 0 unspecified atom stereocenters. The van der Waals surface area contributed by atoms with Gasteiger partial charge in [-0.3, -0.25) is 4.40 Å². The molecule has 0 amide bonds. The van der Waals surface area contributed by atoms with E-state index in [1.807, 2.05) is 121 Å². The third-order valence-corrected chi connectivity index (χ3v) is 12.4. The minimum atomic E-state index is 0.627. The molecule has 8 nitrogen and oxygen atoms in total. The number of thiazole rings is 1. The Morgan fingerprint density at radius 1 is 0.266 bits per heavy atom. The Morgan fingerprint density at radius 2 is 0.578 bits per heavy atom. The summed E-state index contributed by atoms with van der Waals surface area (Å²) < 4.78 is 3.46. The van der Waals surface area contributed by atoms with Crippen molar-refractivity contribution in [2.24, 2.45) is 0 Å². The summed E-state index contributed by atoms with van der Waals surface area (Å²) >= 11 is 1.70. The van der Waals surface area contributed by atoms with Gasteiger partial charge in [-0.05, 0) is 46.5 Å². The smallest absolute Gasteiger partial charge is 0.195 e. The van der Waals surface area contributed by atoms with Crippen LogP contribution in [0.2, 0.25) is 0 Å². The van der Waals surface area contributed by atoms with Gasteiger partial charge in [-0.15, -0.1) is 0 Å². The fraction of sp³-hybridized carbons (Fsp3) is 0. The van der Waals surface area contributed by atoms with E-state index in [2.05, 4.69) is 89.3 Å². The SMILES string of the molecule is c1ccc(-c2nc(-c3ccccc3)nc(-c3ccc(-c4ccc5nc6sc7ccc(-c8ccc(-c9nc(-c%10ccccc%10)nc(-c%10ccccc%10)n9)cc8)cc7n6c5c4)cc3)n2)cc1. The quantitative estimate of drug-likeness (QED) is 0.150. The van der Waals surface area contributed by atoms with Crippen LogP contribution in [0.5, 0.6) is 0 Å². The van der Waals surface area contributed by atoms with Crippen LogP contribution in [0.25, 0.3) is 117 Å². The van der Waals surface area contributed by atoms with Crippen LogP contribution in [-0.4, -0.2) is 39.3 Å². The summed E-state index contributed by atoms with van der Waals surface area (Å²) in [5, 5.41) is 0. The van der Waals surface area contributed by atoms with Crippen molar-refractivity contribution in [1.82, 2.24) is 39.3 Å². The van der Waals surface area contributed by atoms with Crippen molar-refractivity contribution >= 4 is 37.5 Å². The first-order valence-electron chi connectivity index (χ1n) is 21.0. The van der Waals surface area contributed by atoms with Crippen molar-refractivity contribution in [3.63, 3.8) is 0 Å². The summed E-state index contributed by atoms with van der Waals surface area (Å²) in [5.74, 6) is 3.82. The molecule has 4 heterocycles. The fourth-order valence-corrected chi connectivity index (χ4v) is 9.11. The Kier molecular flexibility index (Phi) is 9.16. The van der Waals surface area contributed by atoms with E-state index >= 15 is 0 Å². The molecular weight excluding hydrogens is 805 g/mol. The Labute approximate surface area is 372 Å². The lowest BCUT2D eigenvalue weighted by Crippen LogP contribution is -2.00. The lowest BCUT2D eigenvalue weighted by Gasteiger charge is -2.09. The van der Waals surface area contributed by atoms with Gasteiger partial charge in [-0.2, -0.15) is 0 Å². The maximum absolute atomic E-state index is 5.05. The largest absolute Gasteiger partial charge is 0.283 e. The molecule has 0 spiro atoms. The van der Waals surface area contributed by atoms with Crippen molar-refractivity contribution in [1.29, 1.82) is 0 Å². The first kappa shape index (κ1) is 37.2. The van der Waals surface area contributed by atoms with Crippen molar-refractivity contribution in [3.8, 4) is 90.6 Å². The molecular formula is C55H34N8S. The number of imidazole rings is 1. The lowest BCUT2D eigenvalue weighted by molar-refractivity contribution is 1.07. The summed E-state index contributed by atoms with van der Waals surface area (Å²) in [6.07, 6.45) is 0. The van der Waals surface area contributed by atoms with Gasteiger partial charge < -0.3 is 0 Å². The number of fused-ring (bicyclic) bond motifs is 5. The number of benzene rings is 8. The highest BCUT2D eigenvalue weighted by Crippen LogP contribution is 2.36. The van der Waals surface area contributed by atoms with Gasteiger partial charge in [0.15, 0.2) is 39.9 Å². The molecule has 0 radical (unpaired) electrons. The monoisotopic (exact) mass is 838 g/mol. The molecule has 0 saturated carbocycles. The number of hydrogen-bond donors (Lipinski definition) is 0. The van der Waals surface area contributed by atoms with Gasteiger partial charge in [-0.25, -0.2) is 34.9 Å². The maximum Gasteiger partial charge on any atom is 0.195 e. The molecule has 0 bridgehead atoms. The summed E-state index contributed by atoms with van der Waals surface area (Å²) in [7, 11) is 0. The normalized spacial score (nSPS) is 11.4. The highest BCUT2D eigenvalue weighted by atomic mass is 32.1. The summed E-state index contributed by atoms with van der Waals surface area (Å²) in [6, 6.07) is 70.3. The molecule has 0 atom stereocenters. The second kappa shape index (κ2) is 15.7. The molecule has 12 rings (SSSR count). The Hall–Kier alpha value is -8.53. The van der Waals surface area contributed by atoms with Gasteiger partial charge in [0.25, 0.3) is 0 Å². The average Bonchev–Trinajstić information content (AvgIpc) is 3.93. The highest BCUT2D eigenvalue weighted by Gasteiger charge is 2.17. The second-order valence-corrected chi connectivity index (χ2v) is 16.5. The van der Waals surface area contributed by atoms with E-state index in [1.54, 1.807) is 11.3 Å². The summed E-state index contributed by atoms with van der Waals surface area (Å²) in [6.45, 7) is 0. The van der Waals surface area contributed by atoms with Gasteiger partial charge in [0.05, 0.1) is 21.3 Å². The van der Waals surface area contributed by atoms with E-state index in [0.717, 1.165) is 77.1 Å². The number of hydrogen-bond acceptors (Lipinski definition) is 8. The zero-order valence-electron chi connectivity index (χ0n) is 34.1. The van der Waals surface area contributed by atoms with E-state index in [-0.39, 0.29) is 0 Å². The molecule has 0 N–H and O–H groups in total. The van der Waals surface area contributed by atoms with Crippen LogP contribution in [0, 0.1) is 0 Å². The molecule has 4 aromatic heterocycles. The minimum Gasteiger partial charge on any atom is -0.283 e. The maximum atomic E-state index is 5.05. The average molecular weight is 839 g/mol. The molecule has 8 aromatic carbocycles. The predicted molar refractivity (Wildman–Crippen MR) is 258 cm³/mol. The zero-order valence-corrected chi connectivity index (χ0v) is 34.9. The van der Waals surface area contributed by atoms with Crippen LogP contribution < -0.4 is 0 Å². The Bertz CT molecular complexity index is 3280. The van der Waals surface area contributed by atoms with Crippen molar-refractivity contribution < 1.29 is 0 Å². The van der Waals surface area contributed by atoms with Gasteiger partial charge in [0, 0.05) is 33.4 Å². The predicted octanol–water partition coefficient (Wildman–Crippen LogP) is 13.4. The molecule has 0 saturated heterocycles. The van der Waals surface area contributed by atoms with Crippen LogP contribution in [0.1, 0.15) is 0 Å². The molecule has 0 aliphatic heterocycles.